The third kappa shape index (κ3) is 4.89. The van der Waals surface area contributed by atoms with E-state index in [1.165, 1.54) is 11.8 Å². The van der Waals surface area contributed by atoms with Crippen LogP contribution in [0.25, 0.3) is 10.8 Å². The van der Waals surface area contributed by atoms with Gasteiger partial charge in [-0.1, -0.05) is 59.8 Å². The van der Waals surface area contributed by atoms with Crippen molar-refractivity contribution in [3.8, 4) is 5.75 Å². The Morgan fingerprint density at radius 2 is 1.81 bits per heavy atom. The van der Waals surface area contributed by atoms with Crippen LogP contribution in [-0.2, 0) is 18.4 Å². The van der Waals surface area contributed by atoms with Crippen LogP contribution in [0.1, 0.15) is 17.0 Å². The first-order valence-electron chi connectivity index (χ1n) is 10.1. The van der Waals surface area contributed by atoms with Gasteiger partial charge in [-0.25, -0.2) is 0 Å². The van der Waals surface area contributed by atoms with Crippen molar-refractivity contribution in [2.45, 2.75) is 25.6 Å². The number of rotatable bonds is 7. The van der Waals surface area contributed by atoms with Crippen LogP contribution in [0.2, 0.25) is 5.02 Å². The third-order valence-corrected chi connectivity index (χ3v) is 6.72. The molecule has 8 heteroatoms. The van der Waals surface area contributed by atoms with Crippen LogP contribution in [0.3, 0.4) is 0 Å². The number of anilines is 1. The summed E-state index contributed by atoms with van der Waals surface area (Å²) in [6, 6.07) is 17.6. The molecule has 164 valence electrons. The predicted octanol–water partition coefficient (Wildman–Crippen LogP) is 5.55. The van der Waals surface area contributed by atoms with Crippen molar-refractivity contribution in [1.82, 2.24) is 14.8 Å². The molecule has 0 aliphatic rings. The molecular weight excluding hydrogens is 444 g/mol. The molecular formula is C24H23ClN4O2S. The molecule has 32 heavy (non-hydrogen) atoms. The van der Waals surface area contributed by atoms with Gasteiger partial charge in [-0.05, 0) is 48.6 Å². The quantitative estimate of drug-likeness (QED) is 0.362. The van der Waals surface area contributed by atoms with Crippen molar-refractivity contribution >= 4 is 45.7 Å². The monoisotopic (exact) mass is 466 g/mol. The van der Waals surface area contributed by atoms with Crippen LogP contribution in [-0.4, -0.2) is 26.4 Å². The zero-order chi connectivity index (χ0) is 22.7. The van der Waals surface area contributed by atoms with E-state index in [4.69, 9.17) is 16.3 Å². The number of ether oxygens (including phenoxy) is 1. The molecule has 1 heterocycles. The van der Waals surface area contributed by atoms with E-state index in [-0.39, 0.29) is 18.3 Å². The number of hydrogen-bond donors (Lipinski definition) is 1. The lowest BCUT2D eigenvalue weighted by Gasteiger charge is -2.10. The Morgan fingerprint density at radius 3 is 2.59 bits per heavy atom. The second-order valence-electron chi connectivity index (χ2n) is 7.48. The summed E-state index contributed by atoms with van der Waals surface area (Å²) < 4.78 is 7.72. The van der Waals surface area contributed by atoms with Gasteiger partial charge < -0.3 is 14.6 Å². The standard InChI is InChI=1S/C24H23ClN4O2S/c1-15-11-18(12-16(2)23(15)25)31-13-21-27-28-24(29(21)3)32-14-22(30)26-20-10-6-8-17-7-4-5-9-19(17)20/h4-12H,13-14H2,1-3H3,(H,26,30). The Balaban J connectivity index is 1.36. The van der Waals surface area contributed by atoms with E-state index in [1.54, 1.807) is 0 Å². The highest BCUT2D eigenvalue weighted by Gasteiger charge is 2.13. The van der Waals surface area contributed by atoms with E-state index in [1.807, 2.05) is 80.1 Å². The summed E-state index contributed by atoms with van der Waals surface area (Å²) in [6.45, 7) is 4.16. The summed E-state index contributed by atoms with van der Waals surface area (Å²) in [5.74, 6) is 1.54. The van der Waals surface area contributed by atoms with Crippen LogP contribution in [0.5, 0.6) is 5.75 Å². The van der Waals surface area contributed by atoms with Crippen LogP contribution < -0.4 is 10.1 Å². The number of carbonyl (C=O) groups is 1. The Morgan fingerprint density at radius 1 is 1.09 bits per heavy atom. The van der Waals surface area contributed by atoms with E-state index in [2.05, 4.69) is 15.5 Å². The van der Waals surface area contributed by atoms with Crippen molar-refractivity contribution in [2.75, 3.05) is 11.1 Å². The first kappa shape index (κ1) is 22.2. The zero-order valence-corrected chi connectivity index (χ0v) is 19.6. The number of benzene rings is 3. The topological polar surface area (TPSA) is 69.0 Å². The molecule has 6 nitrogen and oxygen atoms in total. The zero-order valence-electron chi connectivity index (χ0n) is 18.1. The van der Waals surface area contributed by atoms with Crippen molar-refractivity contribution in [1.29, 1.82) is 0 Å². The Kier molecular flexibility index (Phi) is 6.67. The van der Waals surface area contributed by atoms with Gasteiger partial charge in [0.05, 0.1) is 5.75 Å². The Bertz CT molecular complexity index is 1260. The molecule has 1 aromatic heterocycles. The smallest absolute Gasteiger partial charge is 0.234 e. The van der Waals surface area contributed by atoms with Crippen molar-refractivity contribution in [3.05, 3.63) is 76.6 Å². The van der Waals surface area contributed by atoms with Gasteiger partial charge in [-0.15, -0.1) is 10.2 Å². The molecule has 0 bridgehead atoms. The van der Waals surface area contributed by atoms with Crippen LogP contribution in [0, 0.1) is 13.8 Å². The molecule has 0 saturated heterocycles. The third-order valence-electron chi connectivity index (χ3n) is 5.10. The number of nitrogens with one attached hydrogen (secondary N) is 1. The maximum Gasteiger partial charge on any atom is 0.234 e. The average molecular weight is 467 g/mol. The van der Waals surface area contributed by atoms with Crippen molar-refractivity contribution < 1.29 is 9.53 Å². The largest absolute Gasteiger partial charge is 0.486 e. The van der Waals surface area contributed by atoms with Gasteiger partial charge in [-0.2, -0.15) is 0 Å². The first-order valence-corrected chi connectivity index (χ1v) is 11.5. The number of thioether (sulfide) groups is 1. The minimum Gasteiger partial charge on any atom is -0.486 e. The van der Waals surface area contributed by atoms with Crippen LogP contribution >= 0.6 is 23.4 Å². The molecule has 1 amide bonds. The molecule has 4 rings (SSSR count). The number of fused-ring (bicyclic) bond motifs is 1. The molecule has 0 aliphatic heterocycles. The van der Waals surface area contributed by atoms with Gasteiger partial charge in [0, 0.05) is 23.1 Å². The molecule has 1 N–H and O–H groups in total. The lowest BCUT2D eigenvalue weighted by molar-refractivity contribution is -0.113. The highest BCUT2D eigenvalue weighted by atomic mass is 35.5. The maximum absolute atomic E-state index is 12.5. The van der Waals surface area contributed by atoms with Gasteiger partial charge in [0.1, 0.15) is 12.4 Å². The maximum atomic E-state index is 12.5. The molecule has 0 saturated carbocycles. The number of aromatic nitrogens is 3. The van der Waals surface area contributed by atoms with Gasteiger partial charge >= 0.3 is 0 Å². The minimum absolute atomic E-state index is 0.0979. The lowest BCUT2D eigenvalue weighted by atomic mass is 10.1. The number of carbonyl (C=O) groups excluding carboxylic acids is 1. The molecule has 0 radical (unpaired) electrons. The Hall–Kier alpha value is -3.03. The van der Waals surface area contributed by atoms with Crippen molar-refractivity contribution in [2.24, 2.45) is 7.05 Å². The van der Waals surface area contributed by atoms with E-state index >= 15 is 0 Å². The summed E-state index contributed by atoms with van der Waals surface area (Å²) in [7, 11) is 1.86. The molecule has 0 aliphatic carbocycles. The number of hydrogen-bond acceptors (Lipinski definition) is 5. The van der Waals surface area contributed by atoms with Gasteiger partial charge in [-0.3, -0.25) is 4.79 Å². The minimum atomic E-state index is -0.0979. The highest BCUT2D eigenvalue weighted by Crippen LogP contribution is 2.27. The number of halogens is 1. The van der Waals surface area contributed by atoms with E-state index in [0.29, 0.717) is 11.0 Å². The molecule has 0 spiro atoms. The first-order chi connectivity index (χ1) is 15.4. The fourth-order valence-electron chi connectivity index (χ4n) is 3.38. The number of nitrogens with zero attached hydrogens (tertiary/aromatic N) is 3. The number of amides is 1. The molecule has 0 atom stereocenters. The summed E-state index contributed by atoms with van der Waals surface area (Å²) in [6.07, 6.45) is 0. The molecule has 3 aromatic carbocycles. The summed E-state index contributed by atoms with van der Waals surface area (Å²) in [5.41, 5.74) is 2.73. The predicted molar refractivity (Wildman–Crippen MR) is 130 cm³/mol. The van der Waals surface area contributed by atoms with E-state index in [9.17, 15) is 4.79 Å². The van der Waals surface area contributed by atoms with Crippen LogP contribution in [0.15, 0.2) is 59.8 Å². The molecule has 4 aromatic rings. The summed E-state index contributed by atoms with van der Waals surface area (Å²) in [5, 5.41) is 14.9. The number of aryl methyl sites for hydroxylation is 2. The van der Waals surface area contributed by atoms with Gasteiger partial charge in [0.2, 0.25) is 5.91 Å². The van der Waals surface area contributed by atoms with E-state index in [0.717, 1.165) is 38.4 Å². The Labute approximate surface area is 195 Å². The summed E-state index contributed by atoms with van der Waals surface area (Å²) in [4.78, 5) is 12.5. The SMILES string of the molecule is Cc1cc(OCc2nnc(SCC(=O)Nc3cccc4ccccc34)n2C)cc(C)c1Cl. The second-order valence-corrected chi connectivity index (χ2v) is 8.80. The fraction of sp³-hybridized carbons (Fsp3) is 0.208. The average Bonchev–Trinajstić information content (AvgIpc) is 3.14. The lowest BCUT2D eigenvalue weighted by Crippen LogP contribution is -2.14. The second kappa shape index (κ2) is 9.63. The van der Waals surface area contributed by atoms with Gasteiger partial charge in [0.25, 0.3) is 0 Å². The van der Waals surface area contributed by atoms with Crippen LogP contribution in [0.4, 0.5) is 5.69 Å². The van der Waals surface area contributed by atoms with Crippen molar-refractivity contribution in [3.63, 3.8) is 0 Å². The summed E-state index contributed by atoms with van der Waals surface area (Å²) >= 11 is 7.55. The molecule has 0 fully saturated rings. The highest BCUT2D eigenvalue weighted by molar-refractivity contribution is 7.99. The molecule has 0 unspecified atom stereocenters. The fourth-order valence-corrected chi connectivity index (χ4v) is 4.22. The van der Waals surface area contributed by atoms with E-state index < -0.39 is 0 Å². The van der Waals surface area contributed by atoms with Gasteiger partial charge in [0.15, 0.2) is 11.0 Å². The normalized spacial score (nSPS) is 11.0.